The Bertz CT molecular complexity index is 612. The summed E-state index contributed by atoms with van der Waals surface area (Å²) in [6.45, 7) is 4.88. The van der Waals surface area contributed by atoms with Crippen LogP contribution < -0.4 is 0 Å². The molecule has 1 amide bonds. The van der Waals surface area contributed by atoms with Crippen LogP contribution in [0.2, 0.25) is 0 Å². The van der Waals surface area contributed by atoms with Gasteiger partial charge in [-0.25, -0.2) is 0 Å². The van der Waals surface area contributed by atoms with Crippen molar-refractivity contribution < 1.29 is 14.6 Å². The van der Waals surface area contributed by atoms with Crippen molar-refractivity contribution in [1.82, 2.24) is 9.80 Å². The number of piperidine rings is 1. The van der Waals surface area contributed by atoms with Gasteiger partial charge in [0.1, 0.15) is 0 Å². The summed E-state index contributed by atoms with van der Waals surface area (Å²) in [7, 11) is 0. The van der Waals surface area contributed by atoms with Gasteiger partial charge in [0.05, 0.1) is 13.0 Å². The Morgan fingerprint density at radius 1 is 0.962 bits per heavy atom. The molecule has 0 spiro atoms. The van der Waals surface area contributed by atoms with E-state index in [0.717, 1.165) is 63.2 Å². The minimum atomic E-state index is 0.0478. The average molecular weight is 358 g/mol. The molecule has 0 aromatic heterocycles. The monoisotopic (exact) mass is 358 g/mol. The Balaban J connectivity index is 1.41. The van der Waals surface area contributed by atoms with Gasteiger partial charge in [0.2, 0.25) is 5.91 Å². The number of carbonyl (C=O) groups excluding carboxylic acids is 1. The molecule has 1 aromatic rings. The van der Waals surface area contributed by atoms with Crippen molar-refractivity contribution in [1.29, 1.82) is 0 Å². The highest BCUT2D eigenvalue weighted by atomic mass is 16.5. The fourth-order valence-electron chi connectivity index (χ4n) is 4.81. The number of amides is 1. The van der Waals surface area contributed by atoms with Crippen molar-refractivity contribution in [2.24, 2.45) is 5.92 Å². The quantitative estimate of drug-likeness (QED) is 0.892. The van der Waals surface area contributed by atoms with Crippen molar-refractivity contribution in [3.05, 3.63) is 35.4 Å². The molecule has 1 aromatic carbocycles. The Morgan fingerprint density at radius 2 is 1.69 bits per heavy atom. The van der Waals surface area contributed by atoms with Crippen LogP contribution in [0.4, 0.5) is 0 Å². The van der Waals surface area contributed by atoms with E-state index in [-0.39, 0.29) is 12.5 Å². The van der Waals surface area contributed by atoms with Gasteiger partial charge in [-0.15, -0.1) is 0 Å². The van der Waals surface area contributed by atoms with Crippen LogP contribution in [0, 0.1) is 5.92 Å². The molecule has 4 aliphatic heterocycles. The third-order valence-corrected chi connectivity index (χ3v) is 6.33. The van der Waals surface area contributed by atoms with E-state index in [1.807, 2.05) is 24.3 Å². The summed E-state index contributed by atoms with van der Waals surface area (Å²) < 4.78 is 5.53. The first-order valence-electron chi connectivity index (χ1n) is 10.0. The molecule has 2 bridgehead atoms. The molecule has 0 unspecified atom stereocenters. The Kier molecular flexibility index (Phi) is 5.57. The first-order chi connectivity index (χ1) is 12.7. The molecule has 4 heterocycles. The second kappa shape index (κ2) is 8.07. The summed E-state index contributed by atoms with van der Waals surface area (Å²) in [6.07, 6.45) is 5.11. The summed E-state index contributed by atoms with van der Waals surface area (Å²) in [5, 5.41) is 9.16. The van der Waals surface area contributed by atoms with Gasteiger partial charge in [0.15, 0.2) is 0 Å². The fraction of sp³-hybridized carbons (Fsp3) is 0.667. The number of aliphatic hydroxyl groups excluding tert-OH is 1. The highest BCUT2D eigenvalue weighted by Crippen LogP contribution is 2.31. The van der Waals surface area contributed by atoms with Crippen LogP contribution in [0.1, 0.15) is 36.8 Å². The van der Waals surface area contributed by atoms with E-state index < -0.39 is 0 Å². The SMILES string of the molecule is O=C(Cc1ccc(CO)cc1)N1C[C@@H]2CC[C@H]1CN(C1CCOCC1)C2. The minimum Gasteiger partial charge on any atom is -0.392 e. The number of carbonyl (C=O) groups is 1. The molecule has 5 heteroatoms. The molecule has 2 atom stereocenters. The Hall–Kier alpha value is -1.43. The highest BCUT2D eigenvalue weighted by molar-refractivity contribution is 5.79. The van der Waals surface area contributed by atoms with E-state index in [0.29, 0.717) is 24.4 Å². The third kappa shape index (κ3) is 3.95. The van der Waals surface area contributed by atoms with Crippen LogP contribution in [-0.4, -0.2) is 65.7 Å². The van der Waals surface area contributed by atoms with E-state index in [1.165, 1.54) is 6.42 Å². The molecule has 0 aliphatic carbocycles. The lowest BCUT2D eigenvalue weighted by Crippen LogP contribution is -2.49. The van der Waals surface area contributed by atoms with E-state index in [9.17, 15) is 4.79 Å². The molecule has 0 saturated carbocycles. The molecule has 0 radical (unpaired) electrons. The van der Waals surface area contributed by atoms with Gasteiger partial charge < -0.3 is 14.7 Å². The lowest BCUT2D eigenvalue weighted by Gasteiger charge is -2.37. The van der Waals surface area contributed by atoms with Crippen molar-refractivity contribution >= 4 is 5.91 Å². The van der Waals surface area contributed by atoms with Crippen LogP contribution in [0.25, 0.3) is 0 Å². The Morgan fingerprint density at radius 3 is 2.42 bits per heavy atom. The minimum absolute atomic E-state index is 0.0478. The molecule has 4 aliphatic rings. The second-order valence-corrected chi connectivity index (χ2v) is 8.09. The third-order valence-electron chi connectivity index (χ3n) is 6.33. The van der Waals surface area contributed by atoms with Crippen LogP contribution in [0.3, 0.4) is 0 Å². The molecule has 26 heavy (non-hydrogen) atoms. The highest BCUT2D eigenvalue weighted by Gasteiger charge is 2.39. The molecule has 5 nitrogen and oxygen atoms in total. The van der Waals surface area contributed by atoms with Crippen molar-refractivity contribution in [3.63, 3.8) is 0 Å². The topological polar surface area (TPSA) is 53.0 Å². The molecular formula is C21H30N2O3. The van der Waals surface area contributed by atoms with Crippen molar-refractivity contribution in [3.8, 4) is 0 Å². The van der Waals surface area contributed by atoms with Crippen molar-refractivity contribution in [2.75, 3.05) is 32.8 Å². The van der Waals surface area contributed by atoms with Gasteiger partial charge in [-0.3, -0.25) is 9.69 Å². The lowest BCUT2D eigenvalue weighted by atomic mass is 9.94. The number of fused-ring (bicyclic) bond motifs is 4. The number of hydrogen-bond donors (Lipinski definition) is 1. The summed E-state index contributed by atoms with van der Waals surface area (Å²) in [5.41, 5.74) is 1.93. The maximum Gasteiger partial charge on any atom is 0.227 e. The predicted molar refractivity (Wildman–Crippen MR) is 99.7 cm³/mol. The maximum atomic E-state index is 13.0. The number of aliphatic hydroxyl groups is 1. The molecule has 4 fully saturated rings. The van der Waals surface area contributed by atoms with E-state index in [1.54, 1.807) is 0 Å². The van der Waals surface area contributed by atoms with Crippen LogP contribution in [0.15, 0.2) is 24.3 Å². The maximum absolute atomic E-state index is 13.0. The fourth-order valence-corrected chi connectivity index (χ4v) is 4.81. The number of benzene rings is 1. The average Bonchev–Trinajstić information content (AvgIpc) is 3.01. The molecule has 5 rings (SSSR count). The summed E-state index contributed by atoms with van der Waals surface area (Å²) >= 11 is 0. The smallest absolute Gasteiger partial charge is 0.227 e. The number of hydrogen-bond acceptors (Lipinski definition) is 4. The van der Waals surface area contributed by atoms with Gasteiger partial charge in [-0.05, 0) is 42.7 Å². The normalized spacial score (nSPS) is 27.5. The second-order valence-electron chi connectivity index (χ2n) is 8.09. The lowest BCUT2D eigenvalue weighted by molar-refractivity contribution is -0.134. The van der Waals surface area contributed by atoms with Crippen LogP contribution in [0.5, 0.6) is 0 Å². The van der Waals surface area contributed by atoms with Crippen molar-refractivity contribution in [2.45, 2.75) is 50.8 Å². The predicted octanol–water partition coefficient (Wildman–Crippen LogP) is 1.82. The van der Waals surface area contributed by atoms with Gasteiger partial charge in [0, 0.05) is 44.9 Å². The first-order valence-corrected chi connectivity index (χ1v) is 10.0. The van der Waals surface area contributed by atoms with E-state index >= 15 is 0 Å². The zero-order valence-corrected chi connectivity index (χ0v) is 15.5. The largest absolute Gasteiger partial charge is 0.392 e. The summed E-state index contributed by atoms with van der Waals surface area (Å²) in [4.78, 5) is 17.8. The first kappa shape index (κ1) is 18.0. The molecule has 4 saturated heterocycles. The van der Waals surface area contributed by atoms with Crippen LogP contribution >= 0.6 is 0 Å². The van der Waals surface area contributed by atoms with Gasteiger partial charge in [0.25, 0.3) is 0 Å². The van der Waals surface area contributed by atoms with E-state index in [4.69, 9.17) is 9.84 Å². The summed E-state index contributed by atoms with van der Waals surface area (Å²) in [6, 6.07) is 8.74. The molecule has 142 valence electrons. The summed E-state index contributed by atoms with van der Waals surface area (Å²) in [5.74, 6) is 0.864. The van der Waals surface area contributed by atoms with Gasteiger partial charge in [-0.1, -0.05) is 24.3 Å². The standard InChI is InChI=1S/C21H30N2O3/c24-15-17-3-1-16(2-4-17)11-21(25)23-13-18-5-6-20(23)14-22(12-18)19-7-9-26-10-8-19/h1-4,18-20,24H,5-15H2/t18-,20+/m1/s1. The van der Waals surface area contributed by atoms with Gasteiger partial charge in [-0.2, -0.15) is 0 Å². The van der Waals surface area contributed by atoms with Crippen LogP contribution in [-0.2, 0) is 22.6 Å². The number of ether oxygens (including phenoxy) is 1. The number of nitrogens with zero attached hydrogens (tertiary/aromatic N) is 2. The van der Waals surface area contributed by atoms with E-state index in [2.05, 4.69) is 9.80 Å². The zero-order valence-electron chi connectivity index (χ0n) is 15.5. The molecule has 1 N–H and O–H groups in total. The molecular weight excluding hydrogens is 328 g/mol. The van der Waals surface area contributed by atoms with Gasteiger partial charge >= 0.3 is 0 Å². The number of rotatable bonds is 4. The zero-order chi connectivity index (χ0) is 17.9. The Labute approximate surface area is 155 Å².